The molecule has 0 saturated carbocycles. The highest BCUT2D eigenvalue weighted by Crippen LogP contribution is 1.88. The van der Waals surface area contributed by atoms with E-state index in [1.54, 1.807) is 0 Å². The van der Waals surface area contributed by atoms with Gasteiger partial charge in [0.2, 0.25) is 0 Å². The molecule has 2 aliphatic rings. The molecule has 68 valence electrons. The fourth-order valence-corrected chi connectivity index (χ4v) is 1.26. The summed E-state index contributed by atoms with van der Waals surface area (Å²) in [6, 6.07) is 0. The summed E-state index contributed by atoms with van der Waals surface area (Å²) in [6.07, 6.45) is 2.07. The second kappa shape index (κ2) is 4.21. The van der Waals surface area contributed by atoms with Crippen LogP contribution in [0.5, 0.6) is 0 Å². The van der Waals surface area contributed by atoms with E-state index < -0.39 is 0 Å². The molecule has 0 spiro atoms. The van der Waals surface area contributed by atoms with Crippen molar-refractivity contribution in [2.45, 2.75) is 0 Å². The molecule has 5 heteroatoms. The average molecular weight is 189 g/mol. The number of rotatable bonds is 1. The van der Waals surface area contributed by atoms with E-state index in [2.05, 4.69) is 27.0 Å². The minimum atomic E-state index is 0. The normalized spacial score (nSPS) is 20.0. The van der Waals surface area contributed by atoms with Crippen LogP contribution in [-0.4, -0.2) is 32.0 Å². The molecule has 0 amide bonds. The fourth-order valence-electron chi connectivity index (χ4n) is 1.26. The molecule has 0 aromatic heterocycles. The Morgan fingerprint density at radius 1 is 1.08 bits per heavy atom. The maximum atomic E-state index is 3.23. The van der Waals surface area contributed by atoms with Gasteiger partial charge < -0.3 is 23.0 Å². The van der Waals surface area contributed by atoms with Crippen molar-refractivity contribution in [3.8, 4) is 0 Å². The van der Waals surface area contributed by atoms with Gasteiger partial charge in [0, 0.05) is 13.1 Å². The SMILES string of the molecule is C(=C1NCCN1)C1=[NH+]CCN1.[Cl-]. The molecule has 0 bridgehead atoms. The van der Waals surface area contributed by atoms with Crippen LogP contribution in [0.1, 0.15) is 0 Å². The van der Waals surface area contributed by atoms with E-state index in [9.17, 15) is 0 Å². The molecule has 0 atom stereocenters. The first-order valence-electron chi connectivity index (χ1n) is 3.99. The highest BCUT2D eigenvalue weighted by molar-refractivity contribution is 5.89. The lowest BCUT2D eigenvalue weighted by Crippen LogP contribution is -3.00. The first kappa shape index (κ1) is 9.19. The van der Waals surface area contributed by atoms with E-state index in [4.69, 9.17) is 0 Å². The van der Waals surface area contributed by atoms with E-state index >= 15 is 0 Å². The zero-order chi connectivity index (χ0) is 7.52. The lowest BCUT2D eigenvalue weighted by Gasteiger charge is -1.95. The van der Waals surface area contributed by atoms with Crippen molar-refractivity contribution in [3.05, 3.63) is 11.9 Å². The first-order valence-corrected chi connectivity index (χ1v) is 3.99. The zero-order valence-electron chi connectivity index (χ0n) is 6.78. The number of hydrogen-bond donors (Lipinski definition) is 4. The maximum Gasteiger partial charge on any atom is 0.271 e. The Bertz CT molecular complexity index is 203. The van der Waals surface area contributed by atoms with Crippen molar-refractivity contribution in [1.82, 2.24) is 16.0 Å². The van der Waals surface area contributed by atoms with Crippen LogP contribution in [0.25, 0.3) is 0 Å². The maximum absolute atomic E-state index is 3.23. The smallest absolute Gasteiger partial charge is 0.271 e. The molecule has 1 fully saturated rings. The molecule has 2 aliphatic heterocycles. The van der Waals surface area contributed by atoms with Crippen molar-refractivity contribution < 1.29 is 17.4 Å². The molecule has 2 rings (SSSR count). The van der Waals surface area contributed by atoms with E-state index in [1.165, 1.54) is 0 Å². The topological polar surface area (TPSA) is 50.1 Å². The first-order chi connectivity index (χ1) is 5.45. The summed E-state index contributed by atoms with van der Waals surface area (Å²) in [6.45, 7) is 4.11. The van der Waals surface area contributed by atoms with Crippen molar-refractivity contribution in [2.24, 2.45) is 0 Å². The largest absolute Gasteiger partial charge is 1.00 e. The Morgan fingerprint density at radius 2 is 1.83 bits per heavy atom. The number of amidine groups is 1. The van der Waals surface area contributed by atoms with Crippen LogP contribution in [-0.2, 0) is 0 Å². The van der Waals surface area contributed by atoms with Crippen LogP contribution in [0.15, 0.2) is 11.9 Å². The van der Waals surface area contributed by atoms with Crippen LogP contribution in [0.2, 0.25) is 0 Å². The van der Waals surface area contributed by atoms with Crippen LogP contribution in [0, 0.1) is 0 Å². The summed E-state index contributed by atoms with van der Waals surface area (Å²) < 4.78 is 0. The Balaban J connectivity index is 0.000000720. The van der Waals surface area contributed by atoms with Gasteiger partial charge in [-0.1, -0.05) is 0 Å². The van der Waals surface area contributed by atoms with Gasteiger partial charge in [-0.3, -0.25) is 10.3 Å². The fraction of sp³-hybridized carbons (Fsp3) is 0.571. The van der Waals surface area contributed by atoms with Gasteiger partial charge >= 0.3 is 0 Å². The van der Waals surface area contributed by atoms with Crippen LogP contribution < -0.4 is 33.3 Å². The summed E-state index contributed by atoms with van der Waals surface area (Å²) in [5.41, 5.74) is 0. The third kappa shape index (κ3) is 2.04. The summed E-state index contributed by atoms with van der Waals surface area (Å²) in [5.74, 6) is 2.23. The third-order valence-corrected chi connectivity index (χ3v) is 1.80. The van der Waals surface area contributed by atoms with Crippen LogP contribution >= 0.6 is 0 Å². The third-order valence-electron chi connectivity index (χ3n) is 1.80. The van der Waals surface area contributed by atoms with Crippen LogP contribution in [0.4, 0.5) is 0 Å². The monoisotopic (exact) mass is 188 g/mol. The molecule has 12 heavy (non-hydrogen) atoms. The van der Waals surface area contributed by atoms with Gasteiger partial charge in [0.05, 0.1) is 6.08 Å². The molecule has 0 aromatic carbocycles. The second-order valence-electron chi connectivity index (χ2n) is 2.68. The summed E-state index contributed by atoms with van der Waals surface area (Å²) in [5, 5.41) is 9.70. The van der Waals surface area contributed by atoms with E-state index in [0.29, 0.717) is 0 Å². The van der Waals surface area contributed by atoms with E-state index in [-0.39, 0.29) is 12.4 Å². The molecule has 0 aromatic rings. The Morgan fingerprint density at radius 3 is 2.42 bits per heavy atom. The molecule has 0 unspecified atom stereocenters. The van der Waals surface area contributed by atoms with Crippen molar-refractivity contribution in [1.29, 1.82) is 0 Å². The van der Waals surface area contributed by atoms with Gasteiger partial charge in [0.25, 0.3) is 5.84 Å². The van der Waals surface area contributed by atoms with Gasteiger partial charge in [-0.05, 0) is 0 Å². The minimum Gasteiger partial charge on any atom is -1.00 e. The molecular formula is C7H13ClN4. The zero-order valence-corrected chi connectivity index (χ0v) is 7.54. The predicted molar refractivity (Wildman–Crippen MR) is 42.9 cm³/mol. The highest BCUT2D eigenvalue weighted by Gasteiger charge is 2.11. The average Bonchev–Trinajstić information content (AvgIpc) is 2.60. The van der Waals surface area contributed by atoms with Gasteiger partial charge in [0.1, 0.15) is 18.9 Å². The summed E-state index contributed by atoms with van der Waals surface area (Å²) in [7, 11) is 0. The van der Waals surface area contributed by atoms with E-state index in [0.717, 1.165) is 37.8 Å². The lowest BCUT2D eigenvalue weighted by molar-refractivity contribution is -0.443. The quantitative estimate of drug-likeness (QED) is 0.332. The molecule has 0 radical (unpaired) electrons. The number of nitrogens with one attached hydrogen (secondary N) is 4. The van der Waals surface area contributed by atoms with Gasteiger partial charge in [-0.25, -0.2) is 0 Å². The molecular weight excluding hydrogens is 176 g/mol. The lowest BCUT2D eigenvalue weighted by atomic mass is 10.5. The second-order valence-corrected chi connectivity index (χ2v) is 2.68. The molecule has 0 aliphatic carbocycles. The Labute approximate surface area is 77.9 Å². The van der Waals surface area contributed by atoms with Crippen molar-refractivity contribution in [2.75, 3.05) is 26.2 Å². The Hall–Kier alpha value is -0.900. The summed E-state index contributed by atoms with van der Waals surface area (Å²) >= 11 is 0. The van der Waals surface area contributed by atoms with Gasteiger partial charge in [-0.15, -0.1) is 0 Å². The Kier molecular flexibility index (Phi) is 3.22. The van der Waals surface area contributed by atoms with E-state index in [1.807, 2.05) is 0 Å². The molecule has 2 heterocycles. The van der Waals surface area contributed by atoms with Crippen LogP contribution in [0.3, 0.4) is 0 Å². The minimum absolute atomic E-state index is 0. The van der Waals surface area contributed by atoms with Gasteiger partial charge in [-0.2, -0.15) is 0 Å². The van der Waals surface area contributed by atoms with Crippen molar-refractivity contribution in [3.63, 3.8) is 0 Å². The van der Waals surface area contributed by atoms with Crippen molar-refractivity contribution >= 4 is 5.84 Å². The number of hydrogen-bond acceptors (Lipinski definition) is 3. The molecule has 1 saturated heterocycles. The standard InChI is InChI=1S/C7H12N4.ClH/c1-2-9-6(8-1)5-7-10-3-4-11-7;/h5,8-9H,1-4H2,(H,10,11);1H. The highest BCUT2D eigenvalue weighted by atomic mass is 35.5. The molecule has 4 nitrogen and oxygen atoms in total. The van der Waals surface area contributed by atoms with Gasteiger partial charge in [0.15, 0.2) is 0 Å². The molecule has 4 N–H and O–H groups in total. The number of halogens is 1. The predicted octanol–water partition coefficient (Wildman–Crippen LogP) is -5.89. The summed E-state index contributed by atoms with van der Waals surface area (Å²) in [4.78, 5) is 3.23.